The van der Waals surface area contributed by atoms with E-state index in [-0.39, 0.29) is 0 Å². The standard InChI is InChI=1S/C18H40O3Si.C15H34O3Si.C13H27.C10H24OSi/c1-5-9-10-11-12-13-14-15-16-17-18-22(19-6-2,20-7-3)21-8-4;1-5-6-7-8-9-10-11-12-13-14-15-19(16-2,17-3)18-4;1-3-5-7-9-11-13-12-10-8-6-4-2;1-2-3-4-5-6-7-8-9-10-12-11/h5-18H2,1-4H3;5-15H2,1-4H3;1,3-13H2,2H3;11H,2-10,12H2,1H3. The van der Waals surface area contributed by atoms with Gasteiger partial charge in [-0.3, -0.25) is 0 Å². The second kappa shape index (κ2) is 65.4. The normalized spacial score (nSPS) is 11.6. The van der Waals surface area contributed by atoms with Crippen LogP contribution in [-0.4, -0.2) is 73.3 Å². The average molecular weight is 995 g/mol. The highest BCUT2D eigenvalue weighted by molar-refractivity contribution is 6.61. The molecule has 66 heavy (non-hydrogen) atoms. The summed E-state index contributed by atoms with van der Waals surface area (Å²) in [5, 5.41) is 0. The maximum absolute atomic E-state index is 8.68. The molecular weight excluding hydrogens is 869 g/mol. The smallest absolute Gasteiger partial charge is 0.438 e. The van der Waals surface area contributed by atoms with E-state index in [0.717, 1.165) is 31.0 Å². The summed E-state index contributed by atoms with van der Waals surface area (Å²) in [6.07, 6.45) is 53.4. The van der Waals surface area contributed by atoms with Crippen LogP contribution in [0.1, 0.15) is 299 Å². The first-order valence-electron chi connectivity index (χ1n) is 29.3. The molecule has 0 unspecified atom stereocenters. The third kappa shape index (κ3) is 58.7. The summed E-state index contributed by atoms with van der Waals surface area (Å²) < 4.78 is 33.9. The van der Waals surface area contributed by atoms with E-state index in [4.69, 9.17) is 31.4 Å². The number of hydrogen-bond donors (Lipinski definition) is 1. The van der Waals surface area contributed by atoms with E-state index < -0.39 is 27.4 Å². The third-order valence-corrected chi connectivity index (χ3v) is 19.4. The predicted octanol–water partition coefficient (Wildman–Crippen LogP) is 18.5. The SMILES string of the molecule is CCCCCCCCCCCC[Si](OC)(OC)OC.CCCCCCCCCCCC[Si](OCC)(OCC)OCC.CCCCCCCCCC[SiH2]O.[CH2]CCCCCCCCCCCC. The van der Waals surface area contributed by atoms with Gasteiger partial charge in [-0.1, -0.05) is 272 Å². The Kier molecular flexibility index (Phi) is 72.2. The molecule has 0 aliphatic carbocycles. The number of unbranched alkanes of at least 4 members (excludes halogenated alkanes) is 35. The molecule has 0 spiro atoms. The first kappa shape index (κ1) is 72.9. The molecule has 7 nitrogen and oxygen atoms in total. The molecule has 0 heterocycles. The summed E-state index contributed by atoms with van der Waals surface area (Å²) in [6.45, 7) is 21.1. The van der Waals surface area contributed by atoms with Crippen LogP contribution in [-0.2, 0) is 26.6 Å². The summed E-state index contributed by atoms with van der Waals surface area (Å²) in [4.78, 5) is 8.68. The van der Waals surface area contributed by atoms with Crippen LogP contribution in [0.5, 0.6) is 0 Å². The van der Waals surface area contributed by atoms with Crippen LogP contribution in [0, 0.1) is 6.92 Å². The molecule has 1 N–H and O–H groups in total. The summed E-state index contributed by atoms with van der Waals surface area (Å²) in [5.41, 5.74) is 0. The molecule has 0 amide bonds. The van der Waals surface area contributed by atoms with Gasteiger partial charge in [-0.15, -0.1) is 0 Å². The fourth-order valence-corrected chi connectivity index (χ4v) is 13.4. The third-order valence-electron chi connectivity index (χ3n) is 12.6. The molecule has 0 atom stereocenters. The van der Waals surface area contributed by atoms with Gasteiger partial charge in [0.05, 0.1) is 0 Å². The molecule has 0 aromatic heterocycles. The van der Waals surface area contributed by atoms with Crippen molar-refractivity contribution in [2.45, 2.75) is 317 Å². The topological polar surface area (TPSA) is 75.6 Å². The summed E-state index contributed by atoms with van der Waals surface area (Å²) in [6, 6.07) is 3.04. The van der Waals surface area contributed by atoms with Crippen molar-refractivity contribution in [1.29, 1.82) is 0 Å². The van der Waals surface area contributed by atoms with Gasteiger partial charge in [-0.25, -0.2) is 0 Å². The molecule has 0 fully saturated rings. The van der Waals surface area contributed by atoms with Crippen LogP contribution in [0.25, 0.3) is 0 Å². The largest absolute Gasteiger partial charge is 0.500 e. The van der Waals surface area contributed by atoms with Gasteiger partial charge in [-0.05, 0) is 39.7 Å². The fourth-order valence-electron chi connectivity index (χ4n) is 8.30. The Balaban J connectivity index is -0.000000400. The van der Waals surface area contributed by atoms with Crippen molar-refractivity contribution >= 4 is 27.4 Å². The quantitative estimate of drug-likeness (QED) is 0.0481. The van der Waals surface area contributed by atoms with E-state index in [0.29, 0.717) is 19.8 Å². The first-order chi connectivity index (χ1) is 32.3. The zero-order valence-corrected chi connectivity index (χ0v) is 50.5. The van der Waals surface area contributed by atoms with Gasteiger partial charge in [0.1, 0.15) is 0 Å². The Morgan fingerprint density at radius 2 is 0.545 bits per heavy atom. The molecular formula is C56H125O7Si3. The number of hydrogen-bond acceptors (Lipinski definition) is 7. The van der Waals surface area contributed by atoms with Crippen LogP contribution in [0.15, 0.2) is 0 Å². The molecule has 0 rings (SSSR count). The Labute approximate surface area is 422 Å². The Morgan fingerprint density at radius 1 is 0.318 bits per heavy atom. The predicted molar refractivity (Wildman–Crippen MR) is 301 cm³/mol. The lowest BCUT2D eigenvalue weighted by Gasteiger charge is -2.28. The zero-order chi connectivity index (χ0) is 49.8. The van der Waals surface area contributed by atoms with Crippen molar-refractivity contribution in [3.63, 3.8) is 0 Å². The molecule has 0 saturated carbocycles. The highest BCUT2D eigenvalue weighted by atomic mass is 28.4. The average Bonchev–Trinajstić information content (AvgIpc) is 3.33. The second-order valence-corrected chi connectivity index (χ2v) is 25.7. The molecule has 0 aromatic rings. The minimum Gasteiger partial charge on any atom is -0.438 e. The lowest BCUT2D eigenvalue weighted by molar-refractivity contribution is 0.0706. The molecule has 0 aromatic carbocycles. The summed E-state index contributed by atoms with van der Waals surface area (Å²) >= 11 is 0. The van der Waals surface area contributed by atoms with Crippen LogP contribution >= 0.6 is 0 Å². The minimum atomic E-state index is -2.39. The highest BCUT2D eigenvalue weighted by Crippen LogP contribution is 2.22. The van der Waals surface area contributed by atoms with Gasteiger partial charge in [0.25, 0.3) is 0 Å². The van der Waals surface area contributed by atoms with Crippen molar-refractivity contribution in [3.05, 3.63) is 6.92 Å². The lowest BCUT2D eigenvalue weighted by atomic mass is 10.1. The van der Waals surface area contributed by atoms with E-state index in [1.807, 2.05) is 20.8 Å². The molecule has 0 aliphatic rings. The Bertz CT molecular complexity index is 764. The van der Waals surface area contributed by atoms with Crippen molar-refractivity contribution in [3.8, 4) is 0 Å². The van der Waals surface area contributed by atoms with E-state index in [1.54, 1.807) is 21.3 Å². The highest BCUT2D eigenvalue weighted by Gasteiger charge is 2.39. The molecule has 0 bridgehead atoms. The van der Waals surface area contributed by atoms with Crippen molar-refractivity contribution < 1.29 is 31.4 Å². The Hall–Kier alpha value is 0.371. The number of rotatable bonds is 50. The van der Waals surface area contributed by atoms with Crippen LogP contribution in [0.3, 0.4) is 0 Å². The zero-order valence-electron chi connectivity index (χ0n) is 47.1. The summed E-state index contributed by atoms with van der Waals surface area (Å²) in [7, 11) is -0.257. The minimum absolute atomic E-state index is 0.634. The molecule has 10 heteroatoms. The monoisotopic (exact) mass is 994 g/mol. The maximum atomic E-state index is 8.68. The van der Waals surface area contributed by atoms with Gasteiger partial charge in [0.15, 0.2) is 9.76 Å². The van der Waals surface area contributed by atoms with Crippen molar-refractivity contribution in [2.24, 2.45) is 0 Å². The van der Waals surface area contributed by atoms with E-state index in [1.165, 1.54) is 238 Å². The van der Waals surface area contributed by atoms with Gasteiger partial charge in [-0.2, -0.15) is 0 Å². The van der Waals surface area contributed by atoms with Crippen molar-refractivity contribution in [2.75, 3.05) is 41.2 Å². The molecule has 403 valence electrons. The summed E-state index contributed by atoms with van der Waals surface area (Å²) in [5.74, 6) is 0. The van der Waals surface area contributed by atoms with Gasteiger partial charge < -0.3 is 31.4 Å². The first-order valence-corrected chi connectivity index (χ1v) is 34.8. The van der Waals surface area contributed by atoms with Gasteiger partial charge in [0, 0.05) is 53.2 Å². The molecule has 0 saturated heterocycles. The van der Waals surface area contributed by atoms with Crippen LogP contribution in [0.2, 0.25) is 18.1 Å². The van der Waals surface area contributed by atoms with Gasteiger partial charge in [0.2, 0.25) is 0 Å². The van der Waals surface area contributed by atoms with Crippen LogP contribution in [0.4, 0.5) is 0 Å². The molecule has 0 aliphatic heterocycles. The fraction of sp³-hybridized carbons (Fsp3) is 0.982. The maximum Gasteiger partial charge on any atom is 0.500 e. The van der Waals surface area contributed by atoms with E-state index in [2.05, 4.69) is 34.6 Å². The second-order valence-electron chi connectivity index (χ2n) is 18.7. The van der Waals surface area contributed by atoms with E-state index >= 15 is 0 Å². The van der Waals surface area contributed by atoms with Crippen LogP contribution < -0.4 is 0 Å². The Morgan fingerprint density at radius 3 is 0.773 bits per heavy atom. The van der Waals surface area contributed by atoms with Gasteiger partial charge >= 0.3 is 17.6 Å². The molecule has 1 radical (unpaired) electrons. The van der Waals surface area contributed by atoms with Crippen molar-refractivity contribution in [1.82, 2.24) is 0 Å². The van der Waals surface area contributed by atoms with E-state index in [9.17, 15) is 0 Å². The lowest BCUT2D eigenvalue weighted by Crippen LogP contribution is -2.45.